The van der Waals surface area contributed by atoms with Gasteiger partial charge in [-0.25, -0.2) is 4.98 Å². The molecule has 3 nitrogen and oxygen atoms in total. The molecule has 1 saturated heterocycles. The van der Waals surface area contributed by atoms with Crippen molar-refractivity contribution in [2.24, 2.45) is 5.92 Å². The Hall–Kier alpha value is -0.830. The molecule has 2 aliphatic rings. The molecule has 0 bridgehead atoms. The first kappa shape index (κ1) is 11.3. The van der Waals surface area contributed by atoms with E-state index in [-0.39, 0.29) is 0 Å². The van der Waals surface area contributed by atoms with Crippen LogP contribution < -0.4 is 0 Å². The van der Waals surface area contributed by atoms with Crippen LogP contribution in [0.2, 0.25) is 0 Å². The molecule has 1 aromatic rings. The third kappa shape index (κ3) is 2.25. The molecule has 3 heteroatoms. The number of nitrogens with zero attached hydrogens (tertiary/aromatic N) is 2. The molecule has 0 N–H and O–H groups in total. The lowest BCUT2D eigenvalue weighted by Gasteiger charge is -2.26. The molecule has 3 heterocycles. The van der Waals surface area contributed by atoms with Crippen LogP contribution in [0.15, 0.2) is 6.20 Å². The van der Waals surface area contributed by atoms with Gasteiger partial charge in [0, 0.05) is 37.6 Å². The Morgan fingerprint density at radius 3 is 3.18 bits per heavy atom. The topological polar surface area (TPSA) is 27.1 Å². The quantitative estimate of drug-likeness (QED) is 0.786. The molecular weight excluding hydrogens is 212 g/mol. The van der Waals surface area contributed by atoms with E-state index in [9.17, 15) is 0 Å². The van der Waals surface area contributed by atoms with Crippen LogP contribution in [0.4, 0.5) is 0 Å². The molecule has 1 aromatic heterocycles. The molecule has 2 unspecified atom stereocenters. The van der Waals surface area contributed by atoms with Crippen LogP contribution in [0, 0.1) is 5.92 Å². The summed E-state index contributed by atoms with van der Waals surface area (Å²) in [5.41, 5.74) is 1.44. The molecule has 3 rings (SSSR count). The summed E-state index contributed by atoms with van der Waals surface area (Å²) >= 11 is 0. The van der Waals surface area contributed by atoms with Crippen molar-refractivity contribution in [3.8, 4) is 0 Å². The van der Waals surface area contributed by atoms with Crippen molar-refractivity contribution >= 4 is 0 Å². The molecule has 0 spiro atoms. The molecule has 0 radical (unpaired) electrons. The number of aryl methyl sites for hydroxylation is 1. The smallest absolute Gasteiger partial charge is 0.109 e. The van der Waals surface area contributed by atoms with Crippen LogP contribution >= 0.6 is 0 Å². The molecule has 0 saturated carbocycles. The van der Waals surface area contributed by atoms with E-state index in [1.165, 1.54) is 43.6 Å². The van der Waals surface area contributed by atoms with Crippen molar-refractivity contribution in [1.29, 1.82) is 0 Å². The number of ether oxygens (including phenoxy) is 1. The minimum atomic E-state index is 0.640. The lowest BCUT2D eigenvalue weighted by molar-refractivity contribution is 0.0538. The first-order valence-electron chi connectivity index (χ1n) is 6.97. The SMILES string of the molecule is CC1CCCc2cnc(CC3CCCOC3)n21. The fourth-order valence-corrected chi connectivity index (χ4v) is 3.25. The van der Waals surface area contributed by atoms with E-state index in [1.54, 1.807) is 0 Å². The molecule has 94 valence electrons. The van der Waals surface area contributed by atoms with Crippen molar-refractivity contribution in [3.05, 3.63) is 17.7 Å². The third-order valence-corrected chi connectivity index (χ3v) is 4.17. The number of fused-ring (bicyclic) bond motifs is 1. The molecule has 1 fully saturated rings. The summed E-state index contributed by atoms with van der Waals surface area (Å²) in [5.74, 6) is 1.98. The van der Waals surface area contributed by atoms with Crippen molar-refractivity contribution in [1.82, 2.24) is 9.55 Å². The van der Waals surface area contributed by atoms with Gasteiger partial charge in [-0.1, -0.05) is 0 Å². The molecule has 0 aliphatic carbocycles. The Labute approximate surface area is 103 Å². The Morgan fingerprint density at radius 1 is 1.41 bits per heavy atom. The average molecular weight is 234 g/mol. The van der Waals surface area contributed by atoms with Gasteiger partial charge in [0.25, 0.3) is 0 Å². The minimum absolute atomic E-state index is 0.640. The van der Waals surface area contributed by atoms with Crippen molar-refractivity contribution in [3.63, 3.8) is 0 Å². The zero-order chi connectivity index (χ0) is 11.7. The van der Waals surface area contributed by atoms with Gasteiger partial charge in [-0.2, -0.15) is 0 Å². The lowest BCUT2D eigenvalue weighted by Crippen LogP contribution is -2.23. The molecule has 2 aliphatic heterocycles. The first-order chi connectivity index (χ1) is 8.34. The molecule has 17 heavy (non-hydrogen) atoms. The van der Waals surface area contributed by atoms with Gasteiger partial charge >= 0.3 is 0 Å². The monoisotopic (exact) mass is 234 g/mol. The summed E-state index contributed by atoms with van der Waals surface area (Å²) in [5, 5.41) is 0. The van der Waals surface area contributed by atoms with Gasteiger partial charge < -0.3 is 9.30 Å². The van der Waals surface area contributed by atoms with Gasteiger partial charge in [-0.15, -0.1) is 0 Å². The Balaban J connectivity index is 1.76. The van der Waals surface area contributed by atoms with E-state index < -0.39 is 0 Å². The fourth-order valence-electron chi connectivity index (χ4n) is 3.25. The van der Waals surface area contributed by atoms with Crippen LogP contribution in [0.1, 0.15) is 50.2 Å². The van der Waals surface area contributed by atoms with E-state index in [0.717, 1.165) is 19.6 Å². The van der Waals surface area contributed by atoms with Crippen LogP contribution in [0.25, 0.3) is 0 Å². The summed E-state index contributed by atoms with van der Waals surface area (Å²) in [4.78, 5) is 4.65. The van der Waals surface area contributed by atoms with E-state index in [1.807, 2.05) is 0 Å². The third-order valence-electron chi connectivity index (χ3n) is 4.17. The Kier molecular flexibility index (Phi) is 3.19. The van der Waals surface area contributed by atoms with E-state index >= 15 is 0 Å². The highest BCUT2D eigenvalue weighted by atomic mass is 16.5. The van der Waals surface area contributed by atoms with E-state index in [2.05, 4.69) is 22.7 Å². The molecule has 0 amide bonds. The van der Waals surface area contributed by atoms with Gasteiger partial charge in [0.1, 0.15) is 5.82 Å². The highest BCUT2D eigenvalue weighted by Crippen LogP contribution is 2.28. The summed E-state index contributed by atoms with van der Waals surface area (Å²) in [7, 11) is 0. The average Bonchev–Trinajstić information content (AvgIpc) is 2.75. The second-order valence-corrected chi connectivity index (χ2v) is 5.56. The summed E-state index contributed by atoms with van der Waals surface area (Å²) < 4.78 is 8.05. The predicted octanol–water partition coefficient (Wildman–Crippen LogP) is 2.75. The maximum atomic E-state index is 5.56. The maximum Gasteiger partial charge on any atom is 0.109 e. The van der Waals surface area contributed by atoms with Crippen molar-refractivity contribution in [2.45, 2.75) is 51.5 Å². The molecule has 2 atom stereocenters. The number of hydrogen-bond acceptors (Lipinski definition) is 2. The summed E-state index contributed by atoms with van der Waals surface area (Å²) in [6, 6.07) is 0.640. The fraction of sp³-hybridized carbons (Fsp3) is 0.786. The first-order valence-corrected chi connectivity index (χ1v) is 6.97. The lowest BCUT2D eigenvalue weighted by atomic mass is 9.97. The predicted molar refractivity (Wildman–Crippen MR) is 67.1 cm³/mol. The minimum Gasteiger partial charge on any atom is -0.381 e. The number of hydrogen-bond donors (Lipinski definition) is 0. The van der Waals surface area contributed by atoms with Crippen LogP contribution in [0.3, 0.4) is 0 Å². The summed E-state index contributed by atoms with van der Waals surface area (Å²) in [6.07, 6.45) is 9.54. The summed E-state index contributed by atoms with van der Waals surface area (Å²) in [6.45, 7) is 4.20. The second kappa shape index (κ2) is 4.81. The number of aromatic nitrogens is 2. The van der Waals surface area contributed by atoms with Crippen LogP contribution in [-0.4, -0.2) is 22.8 Å². The van der Waals surface area contributed by atoms with Gasteiger partial charge in [0.2, 0.25) is 0 Å². The van der Waals surface area contributed by atoms with E-state index in [0.29, 0.717) is 12.0 Å². The van der Waals surface area contributed by atoms with Gasteiger partial charge in [-0.05, 0) is 44.9 Å². The second-order valence-electron chi connectivity index (χ2n) is 5.56. The normalized spacial score (nSPS) is 29.0. The van der Waals surface area contributed by atoms with E-state index in [4.69, 9.17) is 4.74 Å². The zero-order valence-corrected chi connectivity index (χ0v) is 10.7. The van der Waals surface area contributed by atoms with Crippen molar-refractivity contribution in [2.75, 3.05) is 13.2 Å². The molecule has 0 aromatic carbocycles. The van der Waals surface area contributed by atoms with Crippen LogP contribution in [-0.2, 0) is 17.6 Å². The number of imidazole rings is 1. The standard InChI is InChI=1S/C14H22N2O/c1-11-4-2-6-13-9-15-14(16(11)13)8-12-5-3-7-17-10-12/h9,11-12H,2-8,10H2,1H3. The number of rotatable bonds is 2. The van der Waals surface area contributed by atoms with Crippen molar-refractivity contribution < 1.29 is 4.74 Å². The zero-order valence-electron chi connectivity index (χ0n) is 10.7. The highest BCUT2D eigenvalue weighted by molar-refractivity contribution is 5.10. The van der Waals surface area contributed by atoms with Crippen LogP contribution in [0.5, 0.6) is 0 Å². The highest BCUT2D eigenvalue weighted by Gasteiger charge is 2.23. The largest absolute Gasteiger partial charge is 0.381 e. The maximum absolute atomic E-state index is 5.56. The van der Waals surface area contributed by atoms with Gasteiger partial charge in [0.05, 0.1) is 0 Å². The Morgan fingerprint density at radius 2 is 2.35 bits per heavy atom. The van der Waals surface area contributed by atoms with Gasteiger partial charge in [0.15, 0.2) is 0 Å². The van der Waals surface area contributed by atoms with Gasteiger partial charge in [-0.3, -0.25) is 0 Å². The molecular formula is C14H22N2O. The Bertz CT molecular complexity index is 380.